The summed E-state index contributed by atoms with van der Waals surface area (Å²) < 4.78 is 20.4. The molecule has 194 valence electrons. The van der Waals surface area contributed by atoms with Crippen LogP contribution in [-0.2, 0) is 18.0 Å². The van der Waals surface area contributed by atoms with E-state index in [-0.39, 0.29) is 0 Å². The lowest BCUT2D eigenvalue weighted by Crippen LogP contribution is -2.17. The van der Waals surface area contributed by atoms with Gasteiger partial charge in [0.15, 0.2) is 0 Å². The third-order valence-electron chi connectivity index (χ3n) is 6.58. The molecular formula is C27H29N8O2P. The molecule has 2 aromatic heterocycles. The summed E-state index contributed by atoms with van der Waals surface area (Å²) in [6, 6.07) is 11.4. The molecule has 3 heterocycles. The Hall–Kier alpha value is -4.35. The number of aryl methyl sites for hydroxylation is 2. The minimum atomic E-state index is -2.50. The van der Waals surface area contributed by atoms with Crippen LogP contribution in [0.4, 0.5) is 28.8 Å². The number of nitrogens with one attached hydrogen (secondary N) is 2. The Labute approximate surface area is 221 Å². The van der Waals surface area contributed by atoms with Crippen LogP contribution in [0.25, 0.3) is 16.1 Å². The molecule has 4 aromatic rings. The first kappa shape index (κ1) is 25.3. The van der Waals surface area contributed by atoms with Crippen molar-refractivity contribution in [3.05, 3.63) is 71.6 Å². The molecule has 0 unspecified atom stereocenters. The number of rotatable bonds is 6. The van der Waals surface area contributed by atoms with Gasteiger partial charge in [0, 0.05) is 53.4 Å². The number of ether oxygens (including phenoxy) is 1. The molecule has 10 nitrogen and oxygen atoms in total. The molecule has 0 radical (unpaired) electrons. The van der Waals surface area contributed by atoms with Gasteiger partial charge in [0.05, 0.1) is 31.2 Å². The smallest absolute Gasteiger partial charge is 0.229 e. The molecule has 11 heteroatoms. The summed E-state index contributed by atoms with van der Waals surface area (Å²) in [7, 11) is 1.00. The number of methoxy groups -OCH3 is 1. The zero-order valence-corrected chi connectivity index (χ0v) is 22.9. The van der Waals surface area contributed by atoms with Gasteiger partial charge in [-0.2, -0.15) is 21.6 Å². The minimum Gasteiger partial charge on any atom is -0.494 e. The van der Waals surface area contributed by atoms with Crippen molar-refractivity contribution in [1.82, 2.24) is 19.7 Å². The Balaban J connectivity index is 1.54. The fourth-order valence-corrected chi connectivity index (χ4v) is 5.77. The second-order valence-corrected chi connectivity index (χ2v) is 12.7. The van der Waals surface area contributed by atoms with E-state index >= 15 is 0 Å². The first-order valence-electron chi connectivity index (χ1n) is 12.1. The van der Waals surface area contributed by atoms with Crippen molar-refractivity contribution in [1.29, 1.82) is 0 Å². The van der Waals surface area contributed by atoms with Gasteiger partial charge in [-0.1, -0.05) is 17.1 Å². The van der Waals surface area contributed by atoms with E-state index in [1.165, 1.54) is 0 Å². The highest BCUT2D eigenvalue weighted by molar-refractivity contribution is 7.70. The van der Waals surface area contributed by atoms with Gasteiger partial charge in [-0.05, 0) is 38.5 Å². The van der Waals surface area contributed by atoms with E-state index < -0.39 is 7.14 Å². The molecule has 2 N–H and O–H groups in total. The largest absolute Gasteiger partial charge is 0.494 e. The van der Waals surface area contributed by atoms with Crippen LogP contribution in [0.2, 0.25) is 0 Å². The molecule has 0 bridgehead atoms. The van der Waals surface area contributed by atoms with Crippen LogP contribution in [-0.4, -0.2) is 46.7 Å². The fraction of sp³-hybridized carbons (Fsp3) is 0.259. The molecule has 0 saturated carbocycles. The monoisotopic (exact) mass is 528 g/mol. The lowest BCUT2D eigenvalue weighted by molar-refractivity contribution is 0.417. The van der Waals surface area contributed by atoms with Gasteiger partial charge in [-0.25, -0.2) is 4.98 Å². The molecule has 0 fully saturated rings. The SMILES string of the molecule is [C-]#[N+]N1CCc2c(cnn2C)-c2cc(Nc3ncc(C)c(Nc4ccccc4P(C)(C)=O)n3)c(OC)cc21. The second kappa shape index (κ2) is 9.84. The van der Waals surface area contributed by atoms with Crippen molar-refractivity contribution in [2.75, 3.05) is 42.6 Å². The van der Waals surface area contributed by atoms with E-state index in [0.29, 0.717) is 36.2 Å². The maximum Gasteiger partial charge on any atom is 0.229 e. The molecule has 2 aromatic carbocycles. The van der Waals surface area contributed by atoms with Gasteiger partial charge in [0.25, 0.3) is 0 Å². The topological polar surface area (TPSA) is 102 Å². The highest BCUT2D eigenvalue weighted by Gasteiger charge is 2.28. The number of hydrogen-bond acceptors (Lipinski definition) is 8. The quantitative estimate of drug-likeness (QED) is 0.263. The van der Waals surface area contributed by atoms with E-state index in [2.05, 4.69) is 25.7 Å². The van der Waals surface area contributed by atoms with Gasteiger partial charge in [0.2, 0.25) is 5.95 Å². The summed E-state index contributed by atoms with van der Waals surface area (Å²) in [5.74, 6) is 1.53. The summed E-state index contributed by atoms with van der Waals surface area (Å²) in [5, 5.41) is 13.5. The molecule has 0 atom stereocenters. The van der Waals surface area contributed by atoms with E-state index in [0.717, 1.165) is 39.1 Å². The predicted molar refractivity (Wildman–Crippen MR) is 152 cm³/mol. The minimum absolute atomic E-state index is 0.368. The number of benzene rings is 2. The van der Waals surface area contributed by atoms with Crippen LogP contribution in [0, 0.1) is 13.5 Å². The first-order chi connectivity index (χ1) is 18.2. The normalized spacial score (nSPS) is 12.7. The zero-order valence-electron chi connectivity index (χ0n) is 22.0. The molecule has 0 saturated heterocycles. The average Bonchev–Trinajstić information content (AvgIpc) is 3.18. The number of aromatic nitrogens is 4. The highest BCUT2D eigenvalue weighted by atomic mass is 31.2. The van der Waals surface area contributed by atoms with Crippen molar-refractivity contribution < 1.29 is 9.30 Å². The van der Waals surface area contributed by atoms with Crippen LogP contribution in [0.15, 0.2) is 48.8 Å². The third kappa shape index (κ3) is 4.69. The summed E-state index contributed by atoms with van der Waals surface area (Å²) in [6.07, 6.45) is 4.27. The van der Waals surface area contributed by atoms with Crippen molar-refractivity contribution >= 4 is 41.3 Å². The summed E-state index contributed by atoms with van der Waals surface area (Å²) in [6.45, 7) is 13.7. The lowest BCUT2D eigenvalue weighted by Gasteiger charge is -2.18. The summed E-state index contributed by atoms with van der Waals surface area (Å²) in [5.41, 5.74) is 5.94. The lowest BCUT2D eigenvalue weighted by atomic mass is 10.0. The Bertz CT molecular complexity index is 1620. The average molecular weight is 529 g/mol. The van der Waals surface area contributed by atoms with Crippen LogP contribution in [0.3, 0.4) is 0 Å². The third-order valence-corrected chi connectivity index (χ3v) is 8.13. The van der Waals surface area contributed by atoms with Gasteiger partial charge >= 0.3 is 0 Å². The number of hydrogen-bond donors (Lipinski definition) is 2. The Morgan fingerprint density at radius 3 is 2.63 bits per heavy atom. The molecule has 38 heavy (non-hydrogen) atoms. The van der Waals surface area contributed by atoms with Crippen LogP contribution in [0.1, 0.15) is 11.3 Å². The van der Waals surface area contributed by atoms with E-state index in [4.69, 9.17) is 16.3 Å². The van der Waals surface area contributed by atoms with Crippen LogP contribution in [0.5, 0.6) is 5.75 Å². The van der Waals surface area contributed by atoms with E-state index in [1.807, 2.05) is 61.2 Å². The standard InChI is InChI=1S/C27H29N8O2P/c1-17-15-29-27(33-26(17)31-20-9-7-8-10-25(20)38(5,6)36)32-21-13-18-19-16-30-34(3)22(19)11-12-35(28-2)23(18)14-24(21)37-4/h7-10,13-16H,11-12H2,1,3-6H3,(H2,29,31,32,33). The van der Waals surface area contributed by atoms with E-state index in [9.17, 15) is 4.57 Å². The molecule has 1 aliphatic rings. The Morgan fingerprint density at radius 2 is 1.89 bits per heavy atom. The Morgan fingerprint density at radius 1 is 1.11 bits per heavy atom. The Kier molecular flexibility index (Phi) is 6.55. The maximum absolute atomic E-state index is 12.8. The summed E-state index contributed by atoms with van der Waals surface area (Å²) in [4.78, 5) is 12.9. The van der Waals surface area contributed by atoms with Crippen molar-refractivity contribution in [2.45, 2.75) is 13.3 Å². The molecule has 0 spiro atoms. The zero-order chi connectivity index (χ0) is 27.0. The fourth-order valence-electron chi connectivity index (χ4n) is 4.61. The maximum atomic E-state index is 12.8. The predicted octanol–water partition coefficient (Wildman–Crippen LogP) is 5.13. The molecule has 1 aliphatic heterocycles. The van der Waals surface area contributed by atoms with Gasteiger partial charge in [-0.15, -0.1) is 0 Å². The molecular weight excluding hydrogens is 499 g/mol. The first-order valence-corrected chi connectivity index (χ1v) is 14.7. The number of nitrogens with zero attached hydrogens (tertiary/aromatic N) is 6. The van der Waals surface area contributed by atoms with Crippen LogP contribution < -0.4 is 25.7 Å². The van der Waals surface area contributed by atoms with Gasteiger partial charge < -0.3 is 19.9 Å². The number of para-hydroxylation sites is 1. The second-order valence-electron chi connectivity index (χ2n) is 9.51. The van der Waals surface area contributed by atoms with E-state index in [1.54, 1.807) is 31.6 Å². The molecule has 0 amide bonds. The van der Waals surface area contributed by atoms with Crippen molar-refractivity contribution in [3.8, 4) is 16.9 Å². The summed E-state index contributed by atoms with van der Waals surface area (Å²) >= 11 is 0. The van der Waals surface area contributed by atoms with Crippen LogP contribution >= 0.6 is 7.14 Å². The molecule has 0 aliphatic carbocycles. The molecule has 5 rings (SSSR count). The van der Waals surface area contributed by atoms with Crippen molar-refractivity contribution in [3.63, 3.8) is 0 Å². The highest BCUT2D eigenvalue weighted by Crippen LogP contribution is 2.43. The van der Waals surface area contributed by atoms with Crippen molar-refractivity contribution in [2.24, 2.45) is 7.05 Å². The van der Waals surface area contributed by atoms with Gasteiger partial charge in [-0.3, -0.25) is 4.68 Å². The number of anilines is 5. The number of fused-ring (bicyclic) bond motifs is 3. The van der Waals surface area contributed by atoms with Gasteiger partial charge in [0.1, 0.15) is 24.4 Å².